The Morgan fingerprint density at radius 1 is 1.10 bits per heavy atom. The Morgan fingerprint density at radius 3 is 2.14 bits per heavy atom. The first-order valence-electron chi connectivity index (χ1n) is 7.20. The minimum absolute atomic E-state index is 0.0393. The fourth-order valence-corrected chi connectivity index (χ4v) is 4.11. The fourth-order valence-electron chi connectivity index (χ4n) is 3.24. The monoisotopic (exact) mass is 318 g/mol. The lowest BCUT2D eigenvalue weighted by Gasteiger charge is -2.33. The van der Waals surface area contributed by atoms with Crippen molar-refractivity contribution < 1.29 is 23.1 Å². The molecule has 2 unspecified atom stereocenters. The van der Waals surface area contributed by atoms with Crippen LogP contribution < -0.4 is 0 Å². The molecule has 2 saturated heterocycles. The molecule has 2 aliphatic heterocycles. The number of carboxylic acid groups (broad SMARTS) is 1. The summed E-state index contributed by atoms with van der Waals surface area (Å²) >= 11 is 0. The molecular weight excluding hydrogens is 296 g/mol. The highest BCUT2D eigenvalue weighted by Gasteiger charge is 2.42. The van der Waals surface area contributed by atoms with Gasteiger partial charge in [0.05, 0.1) is 6.26 Å². The zero-order valence-corrected chi connectivity index (χ0v) is 13.2. The molecular formula is C13H22N2O5S. The van der Waals surface area contributed by atoms with Gasteiger partial charge >= 0.3 is 5.97 Å². The predicted molar refractivity (Wildman–Crippen MR) is 76.1 cm³/mol. The zero-order valence-electron chi connectivity index (χ0n) is 12.4. The Kier molecular flexibility index (Phi) is 4.57. The largest absolute Gasteiger partial charge is 0.480 e. The predicted octanol–water partition coefficient (Wildman–Crippen LogP) is -0.0204. The third-order valence-corrected chi connectivity index (χ3v) is 5.81. The van der Waals surface area contributed by atoms with Crippen molar-refractivity contribution in [2.24, 2.45) is 11.8 Å². The first kappa shape index (κ1) is 16.2. The number of sulfonamides is 1. The summed E-state index contributed by atoms with van der Waals surface area (Å²) in [6.07, 6.45) is 2.79. The molecule has 0 aromatic rings. The summed E-state index contributed by atoms with van der Waals surface area (Å²) in [5.41, 5.74) is 0. The molecule has 21 heavy (non-hydrogen) atoms. The topological polar surface area (TPSA) is 95.0 Å². The van der Waals surface area contributed by atoms with E-state index in [-0.39, 0.29) is 17.7 Å². The summed E-state index contributed by atoms with van der Waals surface area (Å²) < 4.78 is 24.3. The molecule has 120 valence electrons. The Hall–Kier alpha value is -1.15. The van der Waals surface area contributed by atoms with Crippen LogP contribution >= 0.6 is 0 Å². The van der Waals surface area contributed by atoms with Gasteiger partial charge in [-0.05, 0) is 25.2 Å². The van der Waals surface area contributed by atoms with Gasteiger partial charge in [-0.25, -0.2) is 17.5 Å². The van der Waals surface area contributed by atoms with Crippen molar-refractivity contribution in [3.63, 3.8) is 0 Å². The van der Waals surface area contributed by atoms with Crippen LogP contribution in [-0.4, -0.2) is 66.5 Å². The highest BCUT2D eigenvalue weighted by atomic mass is 32.2. The number of piperidine rings is 1. The van der Waals surface area contributed by atoms with Crippen LogP contribution in [0.25, 0.3) is 0 Å². The molecule has 0 spiro atoms. The fraction of sp³-hybridized carbons (Fsp3) is 0.846. The average Bonchev–Trinajstić information content (AvgIpc) is 2.79. The highest BCUT2D eigenvalue weighted by Crippen LogP contribution is 2.29. The number of carboxylic acids is 1. The smallest absolute Gasteiger partial charge is 0.326 e. The second-order valence-electron chi connectivity index (χ2n) is 6.02. The van der Waals surface area contributed by atoms with Gasteiger partial charge in [0.25, 0.3) is 0 Å². The van der Waals surface area contributed by atoms with Crippen molar-refractivity contribution in [2.75, 3.05) is 25.9 Å². The normalized spacial score (nSPS) is 28.8. The summed E-state index contributed by atoms with van der Waals surface area (Å²) in [6.45, 7) is 2.98. The van der Waals surface area contributed by atoms with Gasteiger partial charge in [0.15, 0.2) is 0 Å². The van der Waals surface area contributed by atoms with Crippen molar-refractivity contribution in [1.82, 2.24) is 9.21 Å². The third kappa shape index (κ3) is 3.37. The van der Waals surface area contributed by atoms with Gasteiger partial charge in [-0.15, -0.1) is 0 Å². The van der Waals surface area contributed by atoms with Crippen molar-refractivity contribution in [3.05, 3.63) is 0 Å². The maximum atomic E-state index is 12.5. The van der Waals surface area contributed by atoms with E-state index in [1.807, 2.05) is 6.92 Å². The van der Waals surface area contributed by atoms with E-state index in [0.717, 1.165) is 6.26 Å². The lowest BCUT2D eigenvalue weighted by molar-refractivity contribution is -0.151. The summed E-state index contributed by atoms with van der Waals surface area (Å²) in [4.78, 5) is 25.3. The second kappa shape index (κ2) is 5.92. The molecule has 8 heteroatoms. The first-order chi connectivity index (χ1) is 9.71. The minimum atomic E-state index is -3.21. The Balaban J connectivity index is 2.01. The van der Waals surface area contributed by atoms with Crippen LogP contribution in [0, 0.1) is 11.8 Å². The molecule has 0 aliphatic carbocycles. The quantitative estimate of drug-likeness (QED) is 0.789. The number of carbonyl (C=O) groups excluding carboxylic acids is 1. The van der Waals surface area contributed by atoms with Crippen LogP contribution in [0.15, 0.2) is 0 Å². The molecule has 0 bridgehead atoms. The van der Waals surface area contributed by atoms with Gasteiger partial charge in [-0.3, -0.25) is 4.79 Å². The van der Waals surface area contributed by atoms with Crippen molar-refractivity contribution in [2.45, 2.75) is 32.2 Å². The number of carbonyl (C=O) groups is 2. The number of amides is 1. The number of rotatable bonds is 3. The maximum absolute atomic E-state index is 12.5. The molecule has 2 heterocycles. The Morgan fingerprint density at radius 2 is 1.67 bits per heavy atom. The van der Waals surface area contributed by atoms with E-state index in [1.165, 1.54) is 9.21 Å². The molecule has 2 fully saturated rings. The van der Waals surface area contributed by atoms with E-state index in [1.54, 1.807) is 0 Å². The number of aliphatic carboxylic acids is 1. The summed E-state index contributed by atoms with van der Waals surface area (Å²) in [6, 6.07) is -0.745. The van der Waals surface area contributed by atoms with Gasteiger partial charge in [0.1, 0.15) is 6.04 Å². The Bertz CT molecular complexity index is 525. The number of nitrogens with zero attached hydrogens (tertiary/aromatic N) is 2. The van der Waals surface area contributed by atoms with Crippen molar-refractivity contribution in [1.29, 1.82) is 0 Å². The van der Waals surface area contributed by atoms with Crippen molar-refractivity contribution >= 4 is 21.9 Å². The number of hydrogen-bond acceptors (Lipinski definition) is 4. The second-order valence-corrected chi connectivity index (χ2v) is 8.00. The first-order valence-corrected chi connectivity index (χ1v) is 9.05. The minimum Gasteiger partial charge on any atom is -0.480 e. The number of likely N-dealkylation sites (tertiary alicyclic amines) is 1. The summed E-state index contributed by atoms with van der Waals surface area (Å²) in [5, 5.41) is 9.27. The van der Waals surface area contributed by atoms with Gasteiger partial charge < -0.3 is 10.0 Å². The molecule has 0 aromatic heterocycles. The molecule has 0 radical (unpaired) electrons. The number of hydrogen-bond donors (Lipinski definition) is 1. The van der Waals surface area contributed by atoms with E-state index in [2.05, 4.69) is 0 Å². The van der Waals surface area contributed by atoms with Crippen LogP contribution in [-0.2, 0) is 19.6 Å². The van der Waals surface area contributed by atoms with Crippen molar-refractivity contribution in [3.8, 4) is 0 Å². The molecule has 0 aromatic carbocycles. The SMILES string of the molecule is CC1CCN(C(=O)C2CCN(S(C)(=O)=O)CC2)C1C(=O)O. The summed E-state index contributed by atoms with van der Waals surface area (Å²) in [7, 11) is -3.21. The molecule has 0 saturated carbocycles. The van der Waals surface area contributed by atoms with Crippen LogP contribution in [0.1, 0.15) is 26.2 Å². The standard InChI is InChI=1S/C13H22N2O5S/c1-9-3-8-15(11(9)13(17)18)12(16)10-4-6-14(7-5-10)21(2,19)20/h9-11H,3-8H2,1-2H3,(H,17,18). The molecule has 2 rings (SSSR count). The molecule has 2 aliphatic rings. The molecule has 2 atom stereocenters. The van der Waals surface area contributed by atoms with Gasteiger partial charge in [-0.1, -0.05) is 6.92 Å². The van der Waals surface area contributed by atoms with Crippen LogP contribution in [0.3, 0.4) is 0 Å². The van der Waals surface area contributed by atoms with Gasteiger partial charge in [-0.2, -0.15) is 0 Å². The lowest BCUT2D eigenvalue weighted by Crippen LogP contribution is -2.48. The van der Waals surface area contributed by atoms with E-state index < -0.39 is 22.0 Å². The van der Waals surface area contributed by atoms with E-state index in [9.17, 15) is 23.1 Å². The third-order valence-electron chi connectivity index (χ3n) is 4.51. The zero-order chi connectivity index (χ0) is 15.8. The van der Waals surface area contributed by atoms with Gasteiger partial charge in [0, 0.05) is 25.6 Å². The molecule has 7 nitrogen and oxygen atoms in total. The van der Waals surface area contributed by atoms with Crippen LogP contribution in [0.5, 0.6) is 0 Å². The highest BCUT2D eigenvalue weighted by molar-refractivity contribution is 7.88. The van der Waals surface area contributed by atoms with E-state index in [0.29, 0.717) is 38.9 Å². The van der Waals surface area contributed by atoms with Gasteiger partial charge in [0.2, 0.25) is 15.9 Å². The maximum Gasteiger partial charge on any atom is 0.326 e. The molecule has 1 N–H and O–H groups in total. The molecule has 1 amide bonds. The van der Waals surface area contributed by atoms with E-state index in [4.69, 9.17) is 0 Å². The lowest BCUT2D eigenvalue weighted by atomic mass is 9.95. The van der Waals surface area contributed by atoms with Crippen LogP contribution in [0.4, 0.5) is 0 Å². The Labute approximate surface area is 125 Å². The summed E-state index contributed by atoms with van der Waals surface area (Å²) in [5.74, 6) is -1.40. The van der Waals surface area contributed by atoms with E-state index >= 15 is 0 Å². The van der Waals surface area contributed by atoms with Crippen LogP contribution in [0.2, 0.25) is 0 Å². The average molecular weight is 318 g/mol.